The molecule has 0 atom stereocenters. The first-order valence-electron chi connectivity index (χ1n) is 3.24. The quantitative estimate of drug-likeness (QED) is 0.368. The molecule has 0 aromatic carbocycles. The Labute approximate surface area is 71.9 Å². The summed E-state index contributed by atoms with van der Waals surface area (Å²) in [6, 6.07) is 1.16. The van der Waals surface area contributed by atoms with Crippen LogP contribution in [0.3, 0.4) is 0 Å². The van der Waals surface area contributed by atoms with Crippen molar-refractivity contribution >= 4 is 11.7 Å². The van der Waals surface area contributed by atoms with Gasteiger partial charge in [-0.2, -0.15) is 4.68 Å². The summed E-state index contributed by atoms with van der Waals surface area (Å²) in [7, 11) is 0. The number of amides is 1. The van der Waals surface area contributed by atoms with E-state index in [4.69, 9.17) is 5.21 Å². The first-order valence-corrected chi connectivity index (χ1v) is 3.24. The molecular weight excluding hydrogens is 180 g/mol. The molecule has 1 aromatic rings. The minimum Gasteiger partial charge on any atom is -0.358 e. The van der Waals surface area contributed by atoms with Gasteiger partial charge in [0.1, 0.15) is 6.54 Å². The van der Waals surface area contributed by atoms with Crippen LogP contribution < -0.4 is 5.48 Å². The van der Waals surface area contributed by atoms with Crippen LogP contribution >= 0.6 is 0 Å². The van der Waals surface area contributed by atoms with E-state index in [9.17, 15) is 14.9 Å². The molecule has 8 heteroatoms. The van der Waals surface area contributed by atoms with Crippen molar-refractivity contribution in [2.75, 3.05) is 0 Å². The molecule has 2 N–H and O–H groups in total. The molecule has 0 radical (unpaired) electrons. The summed E-state index contributed by atoms with van der Waals surface area (Å²) in [5.41, 5.74) is 1.38. The van der Waals surface area contributed by atoms with Gasteiger partial charge >= 0.3 is 5.82 Å². The summed E-state index contributed by atoms with van der Waals surface area (Å²) < 4.78 is 1.05. The van der Waals surface area contributed by atoms with Crippen molar-refractivity contribution in [2.24, 2.45) is 0 Å². The molecule has 1 heterocycles. The number of hydrogen-bond acceptors (Lipinski definition) is 5. The number of nitro groups is 1. The third-order valence-corrected chi connectivity index (χ3v) is 1.24. The Balaban J connectivity index is 2.69. The molecule has 1 aromatic heterocycles. The molecule has 8 nitrogen and oxygen atoms in total. The third kappa shape index (κ3) is 2.24. The third-order valence-electron chi connectivity index (χ3n) is 1.24. The average molecular weight is 186 g/mol. The standard InChI is InChI=1S/C5H6N4O4/c10-5(7-11)3-8-2-1-4(6-8)9(12)13/h1-2,11H,3H2,(H,7,10). The summed E-state index contributed by atoms with van der Waals surface area (Å²) in [4.78, 5) is 20.0. The zero-order valence-corrected chi connectivity index (χ0v) is 6.38. The highest BCUT2D eigenvalue weighted by molar-refractivity contribution is 5.74. The van der Waals surface area contributed by atoms with Crippen LogP contribution in [-0.4, -0.2) is 25.8 Å². The lowest BCUT2D eigenvalue weighted by atomic mass is 10.6. The van der Waals surface area contributed by atoms with Gasteiger partial charge in [0.2, 0.25) is 0 Å². The number of nitrogens with one attached hydrogen (secondary N) is 1. The molecule has 0 saturated heterocycles. The van der Waals surface area contributed by atoms with E-state index >= 15 is 0 Å². The zero-order chi connectivity index (χ0) is 9.84. The number of hydrogen-bond donors (Lipinski definition) is 2. The average Bonchev–Trinajstić information content (AvgIpc) is 2.52. The van der Waals surface area contributed by atoms with Crippen molar-refractivity contribution < 1.29 is 14.9 Å². The number of carbonyl (C=O) groups excluding carboxylic acids is 1. The Kier molecular flexibility index (Phi) is 2.55. The predicted molar refractivity (Wildman–Crippen MR) is 38.8 cm³/mol. The normalized spacial score (nSPS) is 9.62. The Bertz CT molecular complexity index is 333. The van der Waals surface area contributed by atoms with E-state index in [-0.39, 0.29) is 12.4 Å². The van der Waals surface area contributed by atoms with Crippen LogP contribution in [0.25, 0.3) is 0 Å². The predicted octanol–water partition coefficient (Wildman–Crippen LogP) is -0.703. The van der Waals surface area contributed by atoms with Crippen molar-refractivity contribution in [1.82, 2.24) is 15.3 Å². The highest BCUT2D eigenvalue weighted by Gasteiger charge is 2.12. The Morgan fingerprint density at radius 1 is 1.85 bits per heavy atom. The monoisotopic (exact) mass is 186 g/mol. The molecule has 0 bridgehead atoms. The second kappa shape index (κ2) is 3.63. The van der Waals surface area contributed by atoms with Crippen molar-refractivity contribution in [3.63, 3.8) is 0 Å². The van der Waals surface area contributed by atoms with Gasteiger partial charge < -0.3 is 10.1 Å². The fourth-order valence-electron chi connectivity index (χ4n) is 0.719. The van der Waals surface area contributed by atoms with Crippen LogP contribution in [0.1, 0.15) is 0 Å². The fraction of sp³-hybridized carbons (Fsp3) is 0.200. The molecule has 0 spiro atoms. The fourth-order valence-corrected chi connectivity index (χ4v) is 0.719. The second-order valence-electron chi connectivity index (χ2n) is 2.16. The molecule has 13 heavy (non-hydrogen) atoms. The number of rotatable bonds is 3. The summed E-state index contributed by atoms with van der Waals surface area (Å²) in [6.07, 6.45) is 1.27. The largest absolute Gasteiger partial charge is 0.389 e. The summed E-state index contributed by atoms with van der Waals surface area (Å²) >= 11 is 0. The maximum atomic E-state index is 10.6. The van der Waals surface area contributed by atoms with Crippen LogP contribution in [0.2, 0.25) is 0 Å². The molecule has 0 saturated carbocycles. The van der Waals surface area contributed by atoms with Gasteiger partial charge in [-0.25, -0.2) is 5.48 Å². The Morgan fingerprint density at radius 3 is 3.00 bits per heavy atom. The molecule has 70 valence electrons. The van der Waals surface area contributed by atoms with Crippen molar-refractivity contribution in [3.8, 4) is 0 Å². The number of hydroxylamine groups is 1. The molecule has 1 amide bonds. The zero-order valence-electron chi connectivity index (χ0n) is 6.38. The van der Waals surface area contributed by atoms with Gasteiger partial charge in [0.05, 0.1) is 17.4 Å². The maximum absolute atomic E-state index is 10.6. The first-order chi connectivity index (χ1) is 6.13. The number of aromatic nitrogens is 2. The molecule has 1 rings (SSSR count). The lowest BCUT2D eigenvalue weighted by Crippen LogP contribution is -2.24. The van der Waals surface area contributed by atoms with E-state index in [1.807, 2.05) is 0 Å². The van der Waals surface area contributed by atoms with Crippen molar-refractivity contribution in [1.29, 1.82) is 0 Å². The van der Waals surface area contributed by atoms with E-state index in [1.54, 1.807) is 0 Å². The number of carbonyl (C=O) groups is 1. The van der Waals surface area contributed by atoms with Crippen LogP contribution in [-0.2, 0) is 11.3 Å². The smallest absolute Gasteiger partial charge is 0.358 e. The van der Waals surface area contributed by atoms with Gasteiger partial charge in [-0.05, 0) is 4.92 Å². The van der Waals surface area contributed by atoms with Gasteiger partial charge in [0.25, 0.3) is 5.91 Å². The lowest BCUT2D eigenvalue weighted by Gasteiger charge is -1.93. The topological polar surface area (TPSA) is 110 Å². The summed E-state index contributed by atoms with van der Waals surface area (Å²) in [5, 5.41) is 21.7. The second-order valence-corrected chi connectivity index (χ2v) is 2.16. The maximum Gasteiger partial charge on any atom is 0.389 e. The van der Waals surface area contributed by atoms with E-state index in [2.05, 4.69) is 5.10 Å². The minimum absolute atomic E-state index is 0.260. The first kappa shape index (κ1) is 9.13. The summed E-state index contributed by atoms with van der Waals surface area (Å²) in [5.74, 6) is -1.04. The molecule has 0 aliphatic carbocycles. The molecule has 0 fully saturated rings. The highest BCUT2D eigenvalue weighted by atomic mass is 16.6. The molecular formula is C5H6N4O4. The SMILES string of the molecule is O=C(Cn1ccc([N+](=O)[O-])n1)NO. The number of nitrogens with zero attached hydrogens (tertiary/aromatic N) is 3. The minimum atomic E-state index is -0.696. The van der Waals surface area contributed by atoms with Gasteiger partial charge in [-0.15, -0.1) is 0 Å². The lowest BCUT2D eigenvalue weighted by molar-refractivity contribution is -0.389. The molecule has 0 aliphatic heterocycles. The Hall–Kier alpha value is -1.96. The van der Waals surface area contributed by atoms with Crippen molar-refractivity contribution in [2.45, 2.75) is 6.54 Å². The van der Waals surface area contributed by atoms with Gasteiger partial charge in [0, 0.05) is 0 Å². The van der Waals surface area contributed by atoms with Crippen molar-refractivity contribution in [3.05, 3.63) is 22.4 Å². The highest BCUT2D eigenvalue weighted by Crippen LogP contribution is 2.04. The van der Waals surface area contributed by atoms with Crippen LogP contribution in [0.4, 0.5) is 5.82 Å². The molecule has 0 aliphatic rings. The molecule has 0 unspecified atom stereocenters. The van der Waals surface area contributed by atoms with Gasteiger partial charge in [-0.3, -0.25) is 10.0 Å². The van der Waals surface area contributed by atoms with Crippen LogP contribution in [0, 0.1) is 10.1 Å². The van der Waals surface area contributed by atoms with E-state index in [0.717, 1.165) is 10.7 Å². The van der Waals surface area contributed by atoms with Gasteiger partial charge in [0.15, 0.2) is 0 Å². The Morgan fingerprint density at radius 2 is 2.54 bits per heavy atom. The summed E-state index contributed by atoms with van der Waals surface area (Å²) in [6.45, 7) is -0.260. The van der Waals surface area contributed by atoms with E-state index in [1.165, 1.54) is 11.7 Å². The van der Waals surface area contributed by atoms with E-state index in [0.29, 0.717) is 0 Å². The van der Waals surface area contributed by atoms with Gasteiger partial charge in [-0.1, -0.05) is 0 Å². The van der Waals surface area contributed by atoms with Crippen LogP contribution in [0.5, 0.6) is 0 Å². The van der Waals surface area contributed by atoms with E-state index < -0.39 is 10.8 Å². The van der Waals surface area contributed by atoms with Crippen LogP contribution in [0.15, 0.2) is 12.3 Å².